The molecular formula is C25H21F8N9O4. The Bertz CT molecular complexity index is 1660. The van der Waals surface area contributed by atoms with Crippen molar-refractivity contribution in [2.45, 2.75) is 51.5 Å². The molecule has 4 aromatic rings. The molecule has 1 atom stereocenters. The minimum Gasteiger partial charge on any atom is -0.406 e. The first-order valence-electron chi connectivity index (χ1n) is 12.9. The normalized spacial score (nSPS) is 12.4. The molecule has 0 spiro atoms. The number of hydrogen-bond donors (Lipinski definition) is 2. The van der Waals surface area contributed by atoms with Gasteiger partial charge in [-0.15, -0.1) is 36.5 Å². The molecule has 21 heteroatoms. The second-order valence-corrected chi connectivity index (χ2v) is 9.26. The zero-order chi connectivity index (χ0) is 33.5. The smallest absolute Gasteiger partial charge is 0.406 e. The molecule has 3 heterocycles. The largest absolute Gasteiger partial charge is 0.574 e. The highest BCUT2D eigenvalue weighted by Crippen LogP contribution is 2.25. The van der Waals surface area contributed by atoms with Crippen LogP contribution in [0.15, 0.2) is 48.8 Å². The Morgan fingerprint density at radius 3 is 2.15 bits per heavy atom. The van der Waals surface area contributed by atoms with E-state index in [0.29, 0.717) is 0 Å². The van der Waals surface area contributed by atoms with E-state index in [1.165, 1.54) is 23.0 Å². The van der Waals surface area contributed by atoms with Gasteiger partial charge in [0.05, 0.1) is 31.2 Å². The molecule has 1 unspecified atom stereocenters. The highest BCUT2D eigenvalue weighted by Gasteiger charge is 2.32. The second-order valence-electron chi connectivity index (χ2n) is 9.26. The molecule has 13 nitrogen and oxygen atoms in total. The Kier molecular flexibility index (Phi) is 10.3. The minimum absolute atomic E-state index is 0.0233. The van der Waals surface area contributed by atoms with Gasteiger partial charge in [-0.1, -0.05) is 16.5 Å². The highest BCUT2D eigenvalue weighted by molar-refractivity contribution is 5.92. The number of ether oxygens (including phenoxy) is 2. The summed E-state index contributed by atoms with van der Waals surface area (Å²) in [5.41, 5.74) is -0.626. The summed E-state index contributed by atoms with van der Waals surface area (Å²) in [6, 6.07) is 5.93. The van der Waals surface area contributed by atoms with Crippen LogP contribution in [0.5, 0.6) is 11.6 Å². The second kappa shape index (κ2) is 14.2. The van der Waals surface area contributed by atoms with E-state index in [1.54, 1.807) is 0 Å². The zero-order valence-electron chi connectivity index (χ0n) is 23.0. The van der Waals surface area contributed by atoms with Gasteiger partial charge in [0.25, 0.3) is 11.8 Å². The number of aromatic nitrogens is 7. The Balaban J connectivity index is 1.21. The quantitative estimate of drug-likeness (QED) is 0.205. The Morgan fingerprint density at radius 1 is 0.848 bits per heavy atom. The molecule has 0 aliphatic rings. The van der Waals surface area contributed by atoms with Crippen molar-refractivity contribution in [3.8, 4) is 11.6 Å². The van der Waals surface area contributed by atoms with Gasteiger partial charge in [-0.2, -0.15) is 0 Å². The zero-order valence-corrected chi connectivity index (χ0v) is 23.0. The summed E-state index contributed by atoms with van der Waals surface area (Å²) in [7, 11) is 0. The lowest BCUT2D eigenvalue weighted by Crippen LogP contribution is -2.24. The molecule has 0 saturated heterocycles. The maximum absolute atomic E-state index is 14.6. The summed E-state index contributed by atoms with van der Waals surface area (Å²) in [6.07, 6.45) is -9.23. The number of amides is 2. The van der Waals surface area contributed by atoms with Gasteiger partial charge in [-0.25, -0.2) is 18.4 Å². The van der Waals surface area contributed by atoms with Crippen LogP contribution in [-0.2, 0) is 26.2 Å². The fraction of sp³-hybridized carbons (Fsp3) is 0.320. The van der Waals surface area contributed by atoms with E-state index in [9.17, 15) is 44.7 Å². The number of pyridine rings is 1. The van der Waals surface area contributed by atoms with E-state index in [2.05, 4.69) is 45.7 Å². The van der Waals surface area contributed by atoms with Crippen molar-refractivity contribution < 1.29 is 54.2 Å². The van der Waals surface area contributed by atoms with Crippen molar-refractivity contribution in [3.05, 3.63) is 77.3 Å². The summed E-state index contributed by atoms with van der Waals surface area (Å²) >= 11 is 0. The first-order chi connectivity index (χ1) is 21.6. The van der Waals surface area contributed by atoms with E-state index >= 15 is 0 Å². The predicted octanol–water partition coefficient (Wildman–Crippen LogP) is 3.49. The van der Waals surface area contributed by atoms with Gasteiger partial charge >= 0.3 is 12.7 Å². The number of benzene rings is 1. The van der Waals surface area contributed by atoms with E-state index in [1.807, 2.05) is 0 Å². The molecule has 1 aromatic carbocycles. The summed E-state index contributed by atoms with van der Waals surface area (Å²) in [6.45, 7) is -1.11. The van der Waals surface area contributed by atoms with Crippen LogP contribution >= 0.6 is 0 Å². The first-order valence-corrected chi connectivity index (χ1v) is 12.9. The number of nitrogens with one attached hydrogen (secondary N) is 2. The molecule has 0 radical (unpaired) electrons. The van der Waals surface area contributed by atoms with Gasteiger partial charge in [0.1, 0.15) is 17.7 Å². The van der Waals surface area contributed by atoms with Crippen LogP contribution in [0.25, 0.3) is 0 Å². The molecule has 46 heavy (non-hydrogen) atoms. The first kappa shape index (κ1) is 33.5. The summed E-state index contributed by atoms with van der Waals surface area (Å²) in [5.74, 6) is -3.83. The molecule has 0 bridgehead atoms. The van der Waals surface area contributed by atoms with Crippen LogP contribution in [0.4, 0.5) is 35.1 Å². The van der Waals surface area contributed by atoms with Crippen molar-refractivity contribution in [1.29, 1.82) is 0 Å². The van der Waals surface area contributed by atoms with Crippen molar-refractivity contribution in [2.75, 3.05) is 0 Å². The third-order valence-corrected chi connectivity index (χ3v) is 5.72. The van der Waals surface area contributed by atoms with E-state index in [0.717, 1.165) is 35.1 Å². The fourth-order valence-corrected chi connectivity index (χ4v) is 3.71. The number of hydrogen-bond acceptors (Lipinski definition) is 9. The van der Waals surface area contributed by atoms with Crippen LogP contribution in [-0.4, -0.2) is 65.7 Å². The molecule has 0 saturated carbocycles. The Morgan fingerprint density at radius 2 is 1.48 bits per heavy atom. The van der Waals surface area contributed by atoms with Crippen LogP contribution in [0, 0.1) is 5.82 Å². The topological polar surface area (TPSA) is 151 Å². The molecule has 246 valence electrons. The van der Waals surface area contributed by atoms with Crippen molar-refractivity contribution in [3.63, 3.8) is 0 Å². The van der Waals surface area contributed by atoms with Crippen molar-refractivity contribution >= 4 is 11.8 Å². The van der Waals surface area contributed by atoms with Crippen LogP contribution in [0.3, 0.4) is 0 Å². The van der Waals surface area contributed by atoms with Gasteiger partial charge in [0.2, 0.25) is 5.88 Å². The van der Waals surface area contributed by atoms with Gasteiger partial charge in [0.15, 0.2) is 11.4 Å². The fourth-order valence-electron chi connectivity index (χ4n) is 3.71. The molecule has 0 aliphatic heterocycles. The maximum Gasteiger partial charge on any atom is 0.574 e. The molecular weight excluding hydrogens is 642 g/mol. The number of rotatable bonds is 13. The molecule has 0 fully saturated rings. The predicted molar refractivity (Wildman–Crippen MR) is 136 cm³/mol. The third kappa shape index (κ3) is 10.4. The Hall–Kier alpha value is -5.37. The minimum atomic E-state index is -4.99. The molecule has 0 aliphatic carbocycles. The molecule has 4 rings (SSSR count). The van der Waals surface area contributed by atoms with Gasteiger partial charge in [0, 0.05) is 31.1 Å². The number of carbonyl (C=O) groups is 2. The SMILES string of the molecule is O=C(NCc1cccc(OC(F)(F)F)n1)c1cn(CCC(F)Cn2cc(C(=O)NCc3cc(OC(F)(F)F)ccc3F)nn2)nn1. The van der Waals surface area contributed by atoms with Gasteiger partial charge < -0.3 is 20.1 Å². The molecule has 3 aromatic heterocycles. The average molecular weight is 663 g/mol. The lowest BCUT2D eigenvalue weighted by Gasteiger charge is -2.11. The van der Waals surface area contributed by atoms with Crippen molar-refractivity contribution in [1.82, 2.24) is 45.6 Å². The van der Waals surface area contributed by atoms with Gasteiger partial charge in [-0.05, 0) is 24.3 Å². The van der Waals surface area contributed by atoms with Crippen LogP contribution in [0.1, 0.15) is 38.7 Å². The lowest BCUT2D eigenvalue weighted by atomic mass is 10.2. The van der Waals surface area contributed by atoms with E-state index in [4.69, 9.17) is 0 Å². The number of carbonyl (C=O) groups excluding carboxylic acids is 2. The number of aryl methyl sites for hydroxylation is 1. The summed E-state index contributed by atoms with van der Waals surface area (Å²) in [4.78, 5) is 28.3. The molecule has 2 N–H and O–H groups in total. The van der Waals surface area contributed by atoms with Gasteiger partial charge in [-0.3, -0.25) is 14.3 Å². The van der Waals surface area contributed by atoms with Crippen molar-refractivity contribution in [2.24, 2.45) is 0 Å². The average Bonchev–Trinajstić information content (AvgIpc) is 3.64. The lowest BCUT2D eigenvalue weighted by molar-refractivity contribution is -0.276. The standard InChI is InChI=1S/C25H21F8N9O4/c26-15(6-7-41-12-19(37-39-41)23(44)35-10-16-2-1-3-21(36-16)46-25(31,32)33)11-42-13-20(38-40-42)22(43)34-9-14-8-17(4-5-18(14)27)45-24(28,29)30/h1-5,8,12-13,15H,6-7,9-11H2,(H,34,43)(H,35,44). The number of halogens is 8. The molecule has 2 amide bonds. The highest BCUT2D eigenvalue weighted by atomic mass is 19.4. The Labute approximate surface area is 252 Å². The summed E-state index contributed by atoms with van der Waals surface area (Å²) < 4.78 is 113. The number of alkyl halides is 7. The summed E-state index contributed by atoms with van der Waals surface area (Å²) in [5, 5.41) is 19.3. The monoisotopic (exact) mass is 663 g/mol. The van der Waals surface area contributed by atoms with Crippen LogP contribution in [0.2, 0.25) is 0 Å². The van der Waals surface area contributed by atoms with Crippen LogP contribution < -0.4 is 20.1 Å². The maximum atomic E-state index is 14.6. The number of nitrogens with zero attached hydrogens (tertiary/aromatic N) is 7. The van der Waals surface area contributed by atoms with E-state index < -0.39 is 54.7 Å². The third-order valence-electron chi connectivity index (χ3n) is 5.72. The van der Waals surface area contributed by atoms with E-state index in [-0.39, 0.29) is 48.7 Å².